The third-order valence-corrected chi connectivity index (χ3v) is 6.68. The van der Waals surface area contributed by atoms with E-state index in [1.807, 2.05) is 30.3 Å². The minimum Gasteiger partial charge on any atom is -0.342 e. The number of hydrogen-bond donors (Lipinski definition) is 1. The molecule has 1 aromatic carbocycles. The van der Waals surface area contributed by atoms with E-state index in [0.29, 0.717) is 11.8 Å². The molecule has 4 nitrogen and oxygen atoms in total. The number of ketones is 1. The van der Waals surface area contributed by atoms with Gasteiger partial charge in [0.25, 0.3) is 0 Å². The number of rotatable bonds is 3. The van der Waals surface area contributed by atoms with Crippen LogP contribution < -0.4 is 5.32 Å². The molecule has 142 valence electrons. The number of hydrogen-bond acceptors (Lipinski definition) is 3. The number of likely N-dealkylation sites (tertiary alicyclic amines) is 1. The van der Waals surface area contributed by atoms with E-state index in [1.54, 1.807) is 0 Å². The molecule has 2 heterocycles. The van der Waals surface area contributed by atoms with Gasteiger partial charge in [0, 0.05) is 31.1 Å². The monoisotopic (exact) mass is 376 g/mol. The molecule has 1 N–H and O–H groups in total. The number of nitrogens with zero attached hydrogens (tertiary/aromatic N) is 1. The van der Waals surface area contributed by atoms with Crippen molar-refractivity contribution in [2.24, 2.45) is 17.3 Å². The minimum atomic E-state index is -0.158. The lowest BCUT2D eigenvalue weighted by molar-refractivity contribution is -0.146. The van der Waals surface area contributed by atoms with Gasteiger partial charge in [0.1, 0.15) is 0 Å². The molecular formula is C21H29ClN2O2. The largest absolute Gasteiger partial charge is 0.342 e. The second-order valence-corrected chi connectivity index (χ2v) is 8.03. The van der Waals surface area contributed by atoms with Crippen LogP contribution in [0.3, 0.4) is 0 Å². The molecule has 1 saturated carbocycles. The quantitative estimate of drug-likeness (QED) is 0.823. The summed E-state index contributed by atoms with van der Waals surface area (Å²) < 4.78 is 0. The standard InChI is InChI=1S/C21H28N2O2.ClH/c24-19(16-6-2-1-3-7-16)17-9-12-23(13-10-17)20(25)21-11-5-4-8-18(21)14-22-15-21;/h1-3,6-7,17-18,22H,4-5,8-15H2;1H/t18-,21+;/m0./s1. The van der Waals surface area contributed by atoms with E-state index in [1.165, 1.54) is 19.3 Å². The molecule has 2 aliphatic heterocycles. The molecule has 0 radical (unpaired) electrons. The molecule has 2 atom stereocenters. The maximum atomic E-state index is 13.3. The summed E-state index contributed by atoms with van der Waals surface area (Å²) in [7, 11) is 0. The highest BCUT2D eigenvalue weighted by atomic mass is 35.5. The lowest BCUT2D eigenvalue weighted by atomic mass is 9.67. The second-order valence-electron chi connectivity index (χ2n) is 8.03. The summed E-state index contributed by atoms with van der Waals surface area (Å²) in [6.07, 6.45) is 6.25. The number of benzene rings is 1. The summed E-state index contributed by atoms with van der Waals surface area (Å²) >= 11 is 0. The van der Waals surface area contributed by atoms with Gasteiger partial charge in [-0.3, -0.25) is 9.59 Å². The Labute approximate surface area is 162 Å². The number of piperidine rings is 1. The van der Waals surface area contributed by atoms with Crippen molar-refractivity contribution >= 4 is 24.1 Å². The van der Waals surface area contributed by atoms with Gasteiger partial charge in [-0.1, -0.05) is 43.2 Å². The van der Waals surface area contributed by atoms with Crippen molar-refractivity contribution in [2.75, 3.05) is 26.2 Å². The Bertz CT molecular complexity index is 643. The van der Waals surface area contributed by atoms with E-state index in [9.17, 15) is 9.59 Å². The maximum Gasteiger partial charge on any atom is 0.230 e. The Balaban J connectivity index is 0.00000196. The Morgan fingerprint density at radius 3 is 2.50 bits per heavy atom. The molecule has 3 fully saturated rings. The summed E-state index contributed by atoms with van der Waals surface area (Å²) in [5.74, 6) is 1.17. The third-order valence-electron chi connectivity index (χ3n) is 6.68. The van der Waals surface area contributed by atoms with Crippen molar-refractivity contribution < 1.29 is 9.59 Å². The zero-order valence-electron chi connectivity index (χ0n) is 15.3. The summed E-state index contributed by atoms with van der Waals surface area (Å²) in [5, 5.41) is 3.47. The van der Waals surface area contributed by atoms with Crippen LogP contribution in [0.4, 0.5) is 0 Å². The number of carbonyl (C=O) groups excluding carboxylic acids is 2. The second kappa shape index (κ2) is 8.10. The zero-order chi connectivity index (χ0) is 17.3. The molecule has 0 aromatic heterocycles. The normalized spacial score (nSPS) is 28.9. The van der Waals surface area contributed by atoms with Crippen LogP contribution in [0.2, 0.25) is 0 Å². The topological polar surface area (TPSA) is 49.4 Å². The van der Waals surface area contributed by atoms with E-state index < -0.39 is 0 Å². The Morgan fingerprint density at radius 2 is 1.77 bits per heavy atom. The molecule has 0 spiro atoms. The van der Waals surface area contributed by atoms with Crippen LogP contribution in [0.15, 0.2) is 30.3 Å². The molecule has 26 heavy (non-hydrogen) atoms. The lowest BCUT2D eigenvalue weighted by Crippen LogP contribution is -2.52. The number of amides is 1. The molecule has 1 aliphatic carbocycles. The third kappa shape index (κ3) is 3.41. The highest BCUT2D eigenvalue weighted by Gasteiger charge is 2.51. The van der Waals surface area contributed by atoms with Crippen molar-refractivity contribution in [1.82, 2.24) is 10.2 Å². The first-order valence-corrected chi connectivity index (χ1v) is 9.80. The van der Waals surface area contributed by atoms with Crippen LogP contribution in [0, 0.1) is 17.3 Å². The van der Waals surface area contributed by atoms with E-state index in [-0.39, 0.29) is 29.5 Å². The van der Waals surface area contributed by atoms with Crippen LogP contribution in [-0.2, 0) is 4.79 Å². The fourth-order valence-electron chi connectivity index (χ4n) is 5.17. The van der Waals surface area contributed by atoms with Crippen molar-refractivity contribution in [3.05, 3.63) is 35.9 Å². The van der Waals surface area contributed by atoms with Crippen LogP contribution in [0.5, 0.6) is 0 Å². The number of carbonyl (C=O) groups is 2. The van der Waals surface area contributed by atoms with Gasteiger partial charge in [0.2, 0.25) is 5.91 Å². The summed E-state index contributed by atoms with van der Waals surface area (Å²) in [4.78, 5) is 28.0. The molecule has 5 heteroatoms. The molecule has 4 rings (SSSR count). The summed E-state index contributed by atoms with van der Waals surface area (Å²) in [6.45, 7) is 3.31. The zero-order valence-corrected chi connectivity index (χ0v) is 16.1. The SMILES string of the molecule is Cl.O=C(c1ccccc1)C1CCN(C(=O)[C@@]23CCCC[C@H]2CNC3)CC1. The first-order chi connectivity index (χ1) is 12.2. The summed E-state index contributed by atoms with van der Waals surface area (Å²) in [6, 6.07) is 9.57. The van der Waals surface area contributed by atoms with Gasteiger partial charge in [-0.15, -0.1) is 12.4 Å². The highest BCUT2D eigenvalue weighted by molar-refractivity contribution is 5.98. The predicted octanol–water partition coefficient (Wildman–Crippen LogP) is 3.31. The van der Waals surface area contributed by atoms with Gasteiger partial charge in [0.05, 0.1) is 5.41 Å². The van der Waals surface area contributed by atoms with Crippen LogP contribution in [-0.4, -0.2) is 42.8 Å². The minimum absolute atomic E-state index is 0. The van der Waals surface area contributed by atoms with Gasteiger partial charge in [-0.25, -0.2) is 0 Å². The number of nitrogens with one attached hydrogen (secondary N) is 1. The Kier molecular flexibility index (Phi) is 6.03. The maximum absolute atomic E-state index is 13.3. The van der Waals surface area contributed by atoms with Crippen LogP contribution in [0.25, 0.3) is 0 Å². The number of Topliss-reactive ketones (excluding diaryl/α,β-unsaturated/α-hetero) is 1. The van der Waals surface area contributed by atoms with E-state index in [4.69, 9.17) is 0 Å². The van der Waals surface area contributed by atoms with Gasteiger partial charge in [-0.2, -0.15) is 0 Å². The van der Waals surface area contributed by atoms with Crippen LogP contribution >= 0.6 is 12.4 Å². The molecule has 3 aliphatic rings. The lowest BCUT2D eigenvalue weighted by Gasteiger charge is -2.42. The van der Waals surface area contributed by atoms with Gasteiger partial charge >= 0.3 is 0 Å². The predicted molar refractivity (Wildman–Crippen MR) is 105 cm³/mol. The number of fused-ring (bicyclic) bond motifs is 1. The van der Waals surface area contributed by atoms with Gasteiger partial charge in [0.15, 0.2) is 5.78 Å². The van der Waals surface area contributed by atoms with Gasteiger partial charge < -0.3 is 10.2 Å². The van der Waals surface area contributed by atoms with Gasteiger partial charge in [-0.05, 0) is 38.1 Å². The van der Waals surface area contributed by atoms with Crippen molar-refractivity contribution in [2.45, 2.75) is 38.5 Å². The van der Waals surface area contributed by atoms with Crippen molar-refractivity contribution in [1.29, 1.82) is 0 Å². The Hall–Kier alpha value is -1.39. The average Bonchev–Trinajstić information content (AvgIpc) is 3.13. The summed E-state index contributed by atoms with van der Waals surface area (Å²) in [5.41, 5.74) is 0.646. The first-order valence-electron chi connectivity index (χ1n) is 9.80. The fraction of sp³-hybridized carbons (Fsp3) is 0.619. The fourth-order valence-corrected chi connectivity index (χ4v) is 5.17. The van der Waals surface area contributed by atoms with E-state index >= 15 is 0 Å². The molecule has 2 saturated heterocycles. The molecule has 0 bridgehead atoms. The van der Waals surface area contributed by atoms with Crippen LogP contribution in [0.1, 0.15) is 48.9 Å². The highest BCUT2D eigenvalue weighted by Crippen LogP contribution is 2.45. The van der Waals surface area contributed by atoms with Crippen molar-refractivity contribution in [3.63, 3.8) is 0 Å². The molecule has 1 amide bonds. The average molecular weight is 377 g/mol. The number of halogens is 1. The molecule has 1 aromatic rings. The molecule has 0 unspecified atom stereocenters. The smallest absolute Gasteiger partial charge is 0.230 e. The van der Waals surface area contributed by atoms with E-state index in [0.717, 1.165) is 51.0 Å². The van der Waals surface area contributed by atoms with E-state index in [2.05, 4.69) is 10.2 Å². The Morgan fingerprint density at radius 1 is 1.04 bits per heavy atom. The molecular weight excluding hydrogens is 348 g/mol. The van der Waals surface area contributed by atoms with Crippen molar-refractivity contribution in [3.8, 4) is 0 Å². The first kappa shape index (κ1) is 19.4.